The Hall–Kier alpha value is -1.45. The largest absolute Gasteiger partial charge is 0.338 e. The van der Waals surface area contributed by atoms with E-state index in [9.17, 15) is 4.79 Å². The maximum absolute atomic E-state index is 12.6. The van der Waals surface area contributed by atoms with E-state index in [0.717, 1.165) is 35.8 Å². The van der Waals surface area contributed by atoms with Gasteiger partial charge in [-0.3, -0.25) is 4.79 Å². The molecule has 2 nitrogen and oxygen atoms in total. The lowest BCUT2D eigenvalue weighted by molar-refractivity contribution is 0.0683. The number of amides is 1. The maximum Gasteiger partial charge on any atom is 0.253 e. The number of hydrogen-bond donors (Lipinski definition) is 0. The van der Waals surface area contributed by atoms with Gasteiger partial charge in [-0.05, 0) is 60.7 Å². The predicted octanol–water partition coefficient (Wildman–Crippen LogP) is 5.50. The molecule has 1 aliphatic heterocycles. The molecule has 2 aromatic carbocycles. The van der Waals surface area contributed by atoms with E-state index in [1.807, 2.05) is 41.3 Å². The van der Waals surface area contributed by atoms with Gasteiger partial charge in [-0.1, -0.05) is 30.7 Å². The zero-order chi connectivity index (χ0) is 16.9. The van der Waals surface area contributed by atoms with Crippen LogP contribution < -0.4 is 0 Å². The van der Waals surface area contributed by atoms with Crippen molar-refractivity contribution in [1.82, 2.24) is 4.90 Å². The summed E-state index contributed by atoms with van der Waals surface area (Å²) in [5.74, 6) is 1.66. The van der Waals surface area contributed by atoms with Crippen LogP contribution in [0, 0.1) is 5.92 Å². The summed E-state index contributed by atoms with van der Waals surface area (Å²) in [6, 6.07) is 15.9. The third-order valence-electron chi connectivity index (χ3n) is 4.36. The van der Waals surface area contributed by atoms with Crippen LogP contribution in [0.1, 0.15) is 35.7 Å². The second kappa shape index (κ2) is 8.09. The van der Waals surface area contributed by atoms with Crippen LogP contribution >= 0.6 is 23.4 Å². The van der Waals surface area contributed by atoms with Crippen molar-refractivity contribution in [3.05, 3.63) is 64.7 Å². The molecule has 0 bridgehead atoms. The average molecular weight is 360 g/mol. The minimum atomic E-state index is 0.165. The Bertz CT molecular complexity index is 684. The molecule has 3 rings (SSSR count). The van der Waals surface area contributed by atoms with E-state index < -0.39 is 0 Å². The van der Waals surface area contributed by atoms with E-state index in [0.29, 0.717) is 5.92 Å². The summed E-state index contributed by atoms with van der Waals surface area (Å²) in [5.41, 5.74) is 2.02. The number of hydrogen-bond acceptors (Lipinski definition) is 2. The fraction of sp³-hybridized carbons (Fsp3) is 0.350. The van der Waals surface area contributed by atoms with E-state index in [2.05, 4.69) is 19.1 Å². The number of rotatable bonds is 4. The van der Waals surface area contributed by atoms with Crippen LogP contribution in [-0.2, 0) is 5.75 Å². The molecule has 2 aromatic rings. The average Bonchev–Trinajstić information content (AvgIpc) is 2.61. The Morgan fingerprint density at radius 3 is 2.54 bits per heavy atom. The highest BCUT2D eigenvalue weighted by Crippen LogP contribution is 2.25. The number of carbonyl (C=O) groups excluding carboxylic acids is 1. The molecule has 0 radical (unpaired) electrons. The molecular weight excluding hydrogens is 338 g/mol. The van der Waals surface area contributed by atoms with E-state index in [-0.39, 0.29) is 5.91 Å². The van der Waals surface area contributed by atoms with Crippen LogP contribution in [0.5, 0.6) is 0 Å². The second-order valence-corrected chi connectivity index (χ2v) is 7.92. The Balaban J connectivity index is 1.58. The lowest BCUT2D eigenvalue weighted by atomic mass is 9.99. The first-order valence-electron chi connectivity index (χ1n) is 8.38. The highest BCUT2D eigenvalue weighted by Gasteiger charge is 2.21. The molecule has 1 fully saturated rings. The third kappa shape index (κ3) is 4.55. The molecule has 1 aliphatic rings. The molecular formula is C20H22ClNOS. The quantitative estimate of drug-likeness (QED) is 0.671. The Morgan fingerprint density at radius 1 is 1.17 bits per heavy atom. The smallest absolute Gasteiger partial charge is 0.253 e. The SMILES string of the molecule is C[C@@H]1CCCN(C(=O)c2ccc(CSc3ccc(Cl)cc3)cc2)C1. The Kier molecular flexibility index (Phi) is 5.85. The molecule has 0 unspecified atom stereocenters. The molecule has 0 saturated carbocycles. The summed E-state index contributed by atoms with van der Waals surface area (Å²) < 4.78 is 0. The van der Waals surface area contributed by atoms with Gasteiger partial charge in [-0.15, -0.1) is 11.8 Å². The first-order chi connectivity index (χ1) is 11.6. The Labute approximate surface area is 153 Å². The first-order valence-corrected chi connectivity index (χ1v) is 9.75. The van der Waals surface area contributed by atoms with Crippen molar-refractivity contribution < 1.29 is 4.79 Å². The summed E-state index contributed by atoms with van der Waals surface area (Å²) in [4.78, 5) is 15.8. The van der Waals surface area contributed by atoms with E-state index in [1.165, 1.54) is 16.9 Å². The van der Waals surface area contributed by atoms with Gasteiger partial charge in [0.2, 0.25) is 0 Å². The van der Waals surface area contributed by atoms with Crippen molar-refractivity contribution in [2.75, 3.05) is 13.1 Å². The number of halogens is 1. The zero-order valence-corrected chi connectivity index (χ0v) is 15.4. The summed E-state index contributed by atoms with van der Waals surface area (Å²) >= 11 is 7.67. The summed E-state index contributed by atoms with van der Waals surface area (Å²) in [6.45, 7) is 3.99. The van der Waals surface area contributed by atoms with Crippen LogP contribution in [0.15, 0.2) is 53.4 Å². The lowest BCUT2D eigenvalue weighted by Gasteiger charge is -2.31. The normalized spacial score (nSPS) is 17.8. The molecule has 1 amide bonds. The molecule has 126 valence electrons. The van der Waals surface area contributed by atoms with Gasteiger partial charge in [0.15, 0.2) is 0 Å². The molecule has 0 N–H and O–H groups in total. The van der Waals surface area contributed by atoms with Crippen LogP contribution in [0.2, 0.25) is 5.02 Å². The van der Waals surface area contributed by atoms with Crippen LogP contribution in [0.3, 0.4) is 0 Å². The standard InChI is InChI=1S/C20H22ClNOS/c1-15-3-2-12-22(13-15)20(23)17-6-4-16(5-7-17)14-24-19-10-8-18(21)9-11-19/h4-11,15H,2-3,12-14H2,1H3/t15-/m1/s1. The second-order valence-electron chi connectivity index (χ2n) is 6.44. The van der Waals surface area contributed by atoms with Crippen molar-refractivity contribution in [2.24, 2.45) is 5.92 Å². The summed E-state index contributed by atoms with van der Waals surface area (Å²) in [6.07, 6.45) is 2.34. The Morgan fingerprint density at radius 2 is 1.88 bits per heavy atom. The van der Waals surface area contributed by atoms with E-state index >= 15 is 0 Å². The molecule has 4 heteroatoms. The van der Waals surface area contributed by atoms with Crippen molar-refractivity contribution in [3.63, 3.8) is 0 Å². The van der Waals surface area contributed by atoms with Crippen LogP contribution in [0.25, 0.3) is 0 Å². The molecule has 1 atom stereocenters. The topological polar surface area (TPSA) is 20.3 Å². The number of thioether (sulfide) groups is 1. The van der Waals surface area contributed by atoms with Gasteiger partial charge in [-0.25, -0.2) is 0 Å². The zero-order valence-electron chi connectivity index (χ0n) is 13.9. The molecule has 24 heavy (non-hydrogen) atoms. The van der Waals surface area contributed by atoms with Crippen molar-refractivity contribution in [2.45, 2.75) is 30.4 Å². The number of nitrogens with zero attached hydrogens (tertiary/aromatic N) is 1. The number of carbonyl (C=O) groups is 1. The van der Waals surface area contributed by atoms with Gasteiger partial charge in [0.25, 0.3) is 5.91 Å². The van der Waals surface area contributed by atoms with Gasteiger partial charge < -0.3 is 4.90 Å². The summed E-state index contributed by atoms with van der Waals surface area (Å²) in [7, 11) is 0. The monoisotopic (exact) mass is 359 g/mol. The lowest BCUT2D eigenvalue weighted by Crippen LogP contribution is -2.39. The van der Waals surface area contributed by atoms with Gasteiger partial charge >= 0.3 is 0 Å². The third-order valence-corrected chi connectivity index (χ3v) is 5.70. The van der Waals surface area contributed by atoms with Crippen molar-refractivity contribution in [1.29, 1.82) is 0 Å². The fourth-order valence-corrected chi connectivity index (χ4v) is 3.98. The van der Waals surface area contributed by atoms with E-state index in [1.54, 1.807) is 11.8 Å². The van der Waals surface area contributed by atoms with Gasteiger partial charge in [0, 0.05) is 34.3 Å². The molecule has 1 saturated heterocycles. The van der Waals surface area contributed by atoms with E-state index in [4.69, 9.17) is 11.6 Å². The number of piperidine rings is 1. The van der Waals surface area contributed by atoms with Gasteiger partial charge in [0.05, 0.1) is 0 Å². The summed E-state index contributed by atoms with van der Waals surface area (Å²) in [5, 5.41) is 0.759. The highest BCUT2D eigenvalue weighted by molar-refractivity contribution is 7.98. The highest BCUT2D eigenvalue weighted by atomic mass is 35.5. The van der Waals surface area contributed by atoms with Crippen molar-refractivity contribution >= 4 is 29.3 Å². The molecule has 0 spiro atoms. The number of likely N-dealkylation sites (tertiary alicyclic amines) is 1. The van der Waals surface area contributed by atoms with Crippen LogP contribution in [-0.4, -0.2) is 23.9 Å². The molecule has 1 heterocycles. The predicted molar refractivity (Wildman–Crippen MR) is 102 cm³/mol. The first kappa shape index (κ1) is 17.4. The maximum atomic E-state index is 12.6. The molecule has 0 aromatic heterocycles. The number of benzene rings is 2. The molecule has 0 aliphatic carbocycles. The van der Waals surface area contributed by atoms with Gasteiger partial charge in [-0.2, -0.15) is 0 Å². The minimum absolute atomic E-state index is 0.165. The van der Waals surface area contributed by atoms with Crippen LogP contribution in [0.4, 0.5) is 0 Å². The minimum Gasteiger partial charge on any atom is -0.338 e. The van der Waals surface area contributed by atoms with Gasteiger partial charge in [0.1, 0.15) is 0 Å². The van der Waals surface area contributed by atoms with Crippen molar-refractivity contribution in [3.8, 4) is 0 Å². The fourth-order valence-electron chi connectivity index (χ4n) is 3.00.